The first-order chi connectivity index (χ1) is 16.4. The molecule has 0 N–H and O–H groups in total. The summed E-state index contributed by atoms with van der Waals surface area (Å²) >= 11 is 0. The predicted molar refractivity (Wildman–Crippen MR) is 150 cm³/mol. The van der Waals surface area contributed by atoms with Crippen molar-refractivity contribution in [1.82, 2.24) is 0 Å². The maximum absolute atomic E-state index is 11.8. The molecule has 0 bridgehead atoms. The molecule has 0 aromatic heterocycles. The molecule has 0 aliphatic heterocycles. The first-order valence-electron chi connectivity index (χ1n) is 15.1. The van der Waals surface area contributed by atoms with Crippen molar-refractivity contribution in [3.8, 4) is 0 Å². The normalized spacial score (nSPS) is 11.3. The summed E-state index contributed by atoms with van der Waals surface area (Å²) in [5.74, 6) is -0.246. The number of hydrogen-bond donors (Lipinski definition) is 0. The van der Waals surface area contributed by atoms with Gasteiger partial charge in [-0.05, 0) is 32.6 Å². The number of esters is 1. The van der Waals surface area contributed by atoms with Crippen molar-refractivity contribution in [1.29, 1.82) is 0 Å². The summed E-state index contributed by atoms with van der Waals surface area (Å²) in [6.07, 6.45) is 27.6. The zero-order valence-electron chi connectivity index (χ0n) is 24.3. The Bertz CT molecular complexity index is 457. The zero-order valence-corrected chi connectivity index (χ0v) is 25.1. The van der Waals surface area contributed by atoms with Gasteiger partial charge in [-0.1, -0.05) is 123 Å². The van der Waals surface area contributed by atoms with Crippen LogP contribution in [0.15, 0.2) is 12.2 Å². The second-order valence-corrected chi connectivity index (χ2v) is 11.1. The van der Waals surface area contributed by atoms with E-state index in [1.54, 1.807) is 6.92 Å². The maximum atomic E-state index is 11.8. The minimum absolute atomic E-state index is 0. The number of carbonyl (C=O) groups is 1. The number of nitrogens with zero attached hydrogens (tertiary/aromatic N) is 1. The lowest BCUT2D eigenvalue weighted by Crippen LogP contribution is -3.00. The van der Waals surface area contributed by atoms with Gasteiger partial charge in [0, 0.05) is 5.57 Å². The summed E-state index contributed by atoms with van der Waals surface area (Å²) in [7, 11) is 2.37. The first kappa shape index (κ1) is 36.6. The molecule has 210 valence electrons. The van der Waals surface area contributed by atoms with Gasteiger partial charge in [0.25, 0.3) is 0 Å². The molecule has 0 fully saturated rings. The van der Waals surface area contributed by atoms with Crippen molar-refractivity contribution >= 4 is 5.97 Å². The quantitative estimate of drug-likeness (QED) is 0.0576. The van der Waals surface area contributed by atoms with E-state index in [2.05, 4.69) is 27.5 Å². The molecule has 3 nitrogen and oxygen atoms in total. The summed E-state index contributed by atoms with van der Waals surface area (Å²) in [5.41, 5.74) is 0.499. The summed E-state index contributed by atoms with van der Waals surface area (Å²) in [5, 5.41) is 0. The van der Waals surface area contributed by atoms with E-state index in [0.717, 1.165) is 11.0 Å². The van der Waals surface area contributed by atoms with Crippen LogP contribution in [0.2, 0.25) is 0 Å². The fourth-order valence-corrected chi connectivity index (χ4v) is 4.78. The van der Waals surface area contributed by atoms with E-state index in [4.69, 9.17) is 4.74 Å². The standard InChI is InChI=1S/C31H62NO2.ClH/c1-6-8-10-12-14-16-18-20-22-24-26-32(5,28-29-34-31(33)30(3)4)27-25-23-21-19-17-15-13-11-9-7-2;/h3,6-29H2,1-2,4-5H3;1H/q+1;/p-1. The highest BCUT2D eigenvalue weighted by Crippen LogP contribution is 2.15. The number of carbonyl (C=O) groups excluding carboxylic acids is 1. The van der Waals surface area contributed by atoms with Crippen molar-refractivity contribution in [2.24, 2.45) is 0 Å². The van der Waals surface area contributed by atoms with E-state index in [0.29, 0.717) is 12.2 Å². The van der Waals surface area contributed by atoms with Gasteiger partial charge in [-0.15, -0.1) is 0 Å². The van der Waals surface area contributed by atoms with Gasteiger partial charge in [0.1, 0.15) is 13.2 Å². The first-order valence-corrected chi connectivity index (χ1v) is 15.1. The minimum Gasteiger partial charge on any atom is -1.00 e. The fraction of sp³-hybridized carbons (Fsp3) is 0.903. The summed E-state index contributed by atoms with van der Waals surface area (Å²) in [4.78, 5) is 11.8. The third kappa shape index (κ3) is 24.9. The molecule has 0 radical (unpaired) electrons. The molecule has 0 aromatic carbocycles. The molecule has 0 aliphatic carbocycles. The van der Waals surface area contributed by atoms with Crippen LogP contribution in [-0.2, 0) is 9.53 Å². The number of unbranched alkanes of at least 4 members (excludes halogenated alkanes) is 18. The largest absolute Gasteiger partial charge is 1.00 e. The van der Waals surface area contributed by atoms with Gasteiger partial charge >= 0.3 is 5.97 Å². The zero-order chi connectivity index (χ0) is 25.3. The molecule has 35 heavy (non-hydrogen) atoms. The van der Waals surface area contributed by atoms with Crippen LogP contribution in [0.4, 0.5) is 0 Å². The number of quaternary nitrogens is 1. The van der Waals surface area contributed by atoms with E-state index in [-0.39, 0.29) is 18.4 Å². The van der Waals surface area contributed by atoms with Gasteiger partial charge in [0.15, 0.2) is 0 Å². The topological polar surface area (TPSA) is 26.3 Å². The predicted octanol–water partition coefficient (Wildman–Crippen LogP) is 6.40. The van der Waals surface area contributed by atoms with Crippen LogP contribution in [0.1, 0.15) is 149 Å². The Hall–Kier alpha value is -0.540. The number of likely N-dealkylation sites (N-methyl/N-ethyl adjacent to an activating group) is 1. The van der Waals surface area contributed by atoms with Crippen LogP contribution in [0.5, 0.6) is 0 Å². The molecule has 0 heterocycles. The van der Waals surface area contributed by atoms with Crippen molar-refractivity contribution in [3.05, 3.63) is 12.2 Å². The molecular formula is C31H62ClNO2. The third-order valence-electron chi connectivity index (χ3n) is 7.32. The molecule has 0 saturated heterocycles. The van der Waals surface area contributed by atoms with Crippen LogP contribution in [0, 0.1) is 0 Å². The van der Waals surface area contributed by atoms with Crippen LogP contribution in [0.3, 0.4) is 0 Å². The SMILES string of the molecule is C=C(C)C(=O)OCC[N+](C)(CCCCCCCCCCCC)CCCCCCCCCCCC.[Cl-]. The second kappa shape index (κ2) is 26.5. The highest BCUT2D eigenvalue weighted by atomic mass is 35.5. The molecule has 0 aliphatic rings. The summed E-state index contributed by atoms with van der Waals surface area (Å²) < 4.78 is 6.48. The number of ether oxygens (including phenoxy) is 1. The Morgan fingerprint density at radius 1 is 0.600 bits per heavy atom. The molecule has 0 amide bonds. The number of hydrogen-bond acceptors (Lipinski definition) is 2. The van der Waals surface area contributed by atoms with Crippen molar-refractivity contribution < 1.29 is 26.4 Å². The molecule has 4 heteroatoms. The van der Waals surface area contributed by atoms with Gasteiger partial charge < -0.3 is 21.6 Å². The maximum Gasteiger partial charge on any atom is 0.333 e. The number of rotatable bonds is 26. The lowest BCUT2D eigenvalue weighted by molar-refractivity contribution is -0.910. The average molecular weight is 516 g/mol. The Morgan fingerprint density at radius 2 is 0.914 bits per heavy atom. The van der Waals surface area contributed by atoms with E-state index in [1.807, 2.05) is 0 Å². The highest BCUT2D eigenvalue weighted by molar-refractivity contribution is 5.86. The van der Waals surface area contributed by atoms with E-state index >= 15 is 0 Å². The Kier molecular flexibility index (Phi) is 27.7. The van der Waals surface area contributed by atoms with Gasteiger partial charge in [0.2, 0.25) is 0 Å². The summed E-state index contributed by atoms with van der Waals surface area (Å²) in [6.45, 7) is 13.8. The van der Waals surface area contributed by atoms with Gasteiger partial charge in [-0.2, -0.15) is 0 Å². The van der Waals surface area contributed by atoms with Crippen molar-refractivity contribution in [3.63, 3.8) is 0 Å². The molecular weight excluding hydrogens is 454 g/mol. The van der Waals surface area contributed by atoms with Crippen molar-refractivity contribution in [2.75, 3.05) is 33.3 Å². The Labute approximate surface area is 226 Å². The van der Waals surface area contributed by atoms with E-state index in [1.165, 1.54) is 142 Å². The molecule has 0 atom stereocenters. The third-order valence-corrected chi connectivity index (χ3v) is 7.32. The Morgan fingerprint density at radius 3 is 1.23 bits per heavy atom. The van der Waals surface area contributed by atoms with Crippen LogP contribution < -0.4 is 12.4 Å². The highest BCUT2D eigenvalue weighted by Gasteiger charge is 2.21. The van der Waals surface area contributed by atoms with Crippen LogP contribution >= 0.6 is 0 Å². The molecule has 0 rings (SSSR count). The Balaban J connectivity index is 0. The fourth-order valence-electron chi connectivity index (χ4n) is 4.78. The van der Waals surface area contributed by atoms with Gasteiger partial charge in [-0.25, -0.2) is 4.79 Å². The smallest absolute Gasteiger partial charge is 0.333 e. The van der Waals surface area contributed by atoms with Crippen LogP contribution in [-0.4, -0.2) is 43.7 Å². The van der Waals surface area contributed by atoms with E-state index in [9.17, 15) is 4.79 Å². The molecule has 0 saturated carbocycles. The molecule has 0 spiro atoms. The van der Waals surface area contributed by atoms with Gasteiger partial charge in [0.05, 0.1) is 20.1 Å². The van der Waals surface area contributed by atoms with Gasteiger partial charge in [-0.3, -0.25) is 0 Å². The monoisotopic (exact) mass is 515 g/mol. The van der Waals surface area contributed by atoms with E-state index < -0.39 is 0 Å². The lowest BCUT2D eigenvalue weighted by Gasteiger charge is -2.34. The van der Waals surface area contributed by atoms with Crippen LogP contribution in [0.25, 0.3) is 0 Å². The summed E-state index contributed by atoms with van der Waals surface area (Å²) in [6, 6.07) is 0. The molecule has 0 unspecified atom stereocenters. The van der Waals surface area contributed by atoms with Crippen molar-refractivity contribution in [2.45, 2.75) is 149 Å². The minimum atomic E-state index is -0.246. The second-order valence-electron chi connectivity index (χ2n) is 11.1. The molecule has 0 aromatic rings. The number of halogens is 1. The lowest BCUT2D eigenvalue weighted by atomic mass is 10.1. The average Bonchev–Trinajstić information content (AvgIpc) is 2.81.